The number of aliphatic hydroxyl groups is 1. The molecule has 0 unspecified atom stereocenters. The normalized spacial score (nSPS) is 23.9. The maximum absolute atomic E-state index is 14.4. The number of hydrogen-bond acceptors (Lipinski definition) is 6. The summed E-state index contributed by atoms with van der Waals surface area (Å²) in [5, 5.41) is 13.7. The van der Waals surface area contributed by atoms with Crippen LogP contribution >= 0.6 is 0 Å². The summed E-state index contributed by atoms with van der Waals surface area (Å²) in [4.78, 5) is 27.8. The Bertz CT molecular complexity index is 1250. The number of hydrogen-bond donors (Lipinski definition) is 3. The Morgan fingerprint density at radius 1 is 1.15 bits per heavy atom. The Labute approximate surface area is 221 Å². The topological polar surface area (TPSA) is 110 Å². The minimum absolute atomic E-state index is 0.104. The highest BCUT2D eigenvalue weighted by Gasteiger charge is 2.66. The van der Waals surface area contributed by atoms with Gasteiger partial charge in [-0.25, -0.2) is 4.39 Å². The Balaban J connectivity index is 1.86. The van der Waals surface area contributed by atoms with Crippen LogP contribution in [-0.4, -0.2) is 59.6 Å². The van der Waals surface area contributed by atoms with Crippen molar-refractivity contribution in [3.8, 4) is 5.75 Å². The van der Waals surface area contributed by atoms with Crippen LogP contribution < -0.4 is 15.4 Å². The van der Waals surface area contributed by atoms with E-state index in [1.807, 2.05) is 0 Å². The van der Waals surface area contributed by atoms with Gasteiger partial charge in [-0.05, 0) is 25.1 Å². The molecule has 0 radical (unpaired) electrons. The molecule has 0 bridgehead atoms. The first-order valence-corrected chi connectivity index (χ1v) is 11.5. The van der Waals surface area contributed by atoms with Gasteiger partial charge in [0.25, 0.3) is 5.91 Å². The van der Waals surface area contributed by atoms with Gasteiger partial charge < -0.3 is 25.2 Å². The maximum Gasteiger partial charge on any atom is 0.471 e. The number of alkyl halides is 6. The SMILES string of the molecule is COc1c([C@H]2[C@H](C(=O)Nc3ccc([C@@H](O)CNC(=O)C(F)(F)F)nc3)O[C@@](C)(C(F)(F)F)[C@H]2C)ccc(F)c1F. The molecule has 1 aliphatic heterocycles. The van der Waals surface area contributed by atoms with Crippen molar-refractivity contribution in [1.82, 2.24) is 10.3 Å². The molecule has 1 aromatic heterocycles. The Hall–Kier alpha value is -3.53. The van der Waals surface area contributed by atoms with Crippen molar-refractivity contribution in [2.75, 3.05) is 19.0 Å². The largest absolute Gasteiger partial charge is 0.493 e. The molecule has 3 rings (SSSR count). The molecule has 2 amide bonds. The fourth-order valence-corrected chi connectivity index (χ4v) is 4.32. The predicted molar refractivity (Wildman–Crippen MR) is 121 cm³/mol. The van der Waals surface area contributed by atoms with Crippen LogP contribution in [0.2, 0.25) is 0 Å². The molecule has 1 aromatic carbocycles. The van der Waals surface area contributed by atoms with Crippen LogP contribution in [0.3, 0.4) is 0 Å². The molecule has 16 heteroatoms. The molecule has 2 heterocycles. The highest BCUT2D eigenvalue weighted by molar-refractivity contribution is 5.95. The minimum atomic E-state index is -5.16. The highest BCUT2D eigenvalue weighted by Crippen LogP contribution is 2.55. The molecule has 0 aliphatic carbocycles. The number of amides is 2. The number of carbonyl (C=O) groups is 2. The lowest BCUT2D eigenvalue weighted by molar-refractivity contribution is -0.272. The third-order valence-electron chi connectivity index (χ3n) is 6.68. The van der Waals surface area contributed by atoms with Crippen LogP contribution in [0.15, 0.2) is 30.5 Å². The number of nitrogens with one attached hydrogen (secondary N) is 2. The van der Waals surface area contributed by atoms with Crippen molar-refractivity contribution >= 4 is 17.5 Å². The van der Waals surface area contributed by atoms with Gasteiger partial charge in [-0.2, -0.15) is 30.7 Å². The van der Waals surface area contributed by atoms with Gasteiger partial charge in [-0.3, -0.25) is 14.6 Å². The van der Waals surface area contributed by atoms with Gasteiger partial charge in [-0.15, -0.1) is 0 Å². The van der Waals surface area contributed by atoms with E-state index >= 15 is 0 Å². The number of carbonyl (C=O) groups excluding carboxylic acids is 2. The van der Waals surface area contributed by atoms with E-state index in [2.05, 4.69) is 10.3 Å². The molecule has 0 spiro atoms. The molecule has 220 valence electrons. The van der Waals surface area contributed by atoms with Crippen LogP contribution in [0.1, 0.15) is 37.1 Å². The lowest BCUT2D eigenvalue weighted by atomic mass is 9.77. The van der Waals surface area contributed by atoms with Gasteiger partial charge in [0.2, 0.25) is 5.82 Å². The maximum atomic E-state index is 14.4. The Kier molecular flexibility index (Phi) is 8.65. The number of aromatic nitrogens is 1. The van der Waals surface area contributed by atoms with Gasteiger partial charge >= 0.3 is 18.3 Å². The summed E-state index contributed by atoms with van der Waals surface area (Å²) in [5.41, 5.74) is -3.41. The summed E-state index contributed by atoms with van der Waals surface area (Å²) in [5.74, 6) is -9.80. The number of rotatable bonds is 7. The zero-order valence-electron chi connectivity index (χ0n) is 21.0. The first-order valence-electron chi connectivity index (χ1n) is 11.5. The van der Waals surface area contributed by atoms with Gasteiger partial charge in [0.1, 0.15) is 12.2 Å². The Morgan fingerprint density at radius 2 is 1.80 bits per heavy atom. The number of aliphatic hydroxyl groups excluding tert-OH is 1. The molecule has 1 fully saturated rings. The third kappa shape index (κ3) is 5.96. The van der Waals surface area contributed by atoms with Crippen LogP contribution in [-0.2, 0) is 14.3 Å². The summed E-state index contributed by atoms with van der Waals surface area (Å²) in [6.45, 7) is 1.03. The number of methoxy groups -OCH3 is 1. The van der Waals surface area contributed by atoms with E-state index in [4.69, 9.17) is 9.47 Å². The molecule has 2 aromatic rings. The molecular formula is C24H23F8N3O5. The predicted octanol–water partition coefficient (Wildman–Crippen LogP) is 4.16. The average Bonchev–Trinajstić information content (AvgIpc) is 3.15. The number of pyridine rings is 1. The molecule has 1 saturated heterocycles. The average molecular weight is 585 g/mol. The van der Waals surface area contributed by atoms with Crippen molar-refractivity contribution < 1.29 is 59.3 Å². The van der Waals surface area contributed by atoms with Crippen molar-refractivity contribution in [3.05, 3.63) is 53.4 Å². The van der Waals surface area contributed by atoms with Gasteiger partial charge in [0.15, 0.2) is 17.2 Å². The van der Waals surface area contributed by atoms with E-state index in [-0.39, 0.29) is 16.9 Å². The number of halogens is 8. The van der Waals surface area contributed by atoms with Gasteiger partial charge in [0.05, 0.1) is 24.7 Å². The molecule has 1 aliphatic rings. The van der Waals surface area contributed by atoms with Crippen molar-refractivity contribution in [3.63, 3.8) is 0 Å². The van der Waals surface area contributed by atoms with Crippen molar-refractivity contribution in [2.45, 2.75) is 49.9 Å². The molecule has 0 saturated carbocycles. The van der Waals surface area contributed by atoms with Crippen LogP contribution in [0.25, 0.3) is 0 Å². The quantitative estimate of drug-likeness (QED) is 0.422. The minimum Gasteiger partial charge on any atom is -0.493 e. The fraction of sp³-hybridized carbons (Fsp3) is 0.458. The summed E-state index contributed by atoms with van der Waals surface area (Å²) in [7, 11) is 0.982. The lowest BCUT2D eigenvalue weighted by Crippen LogP contribution is -2.47. The van der Waals surface area contributed by atoms with E-state index in [1.54, 1.807) is 0 Å². The molecule has 40 heavy (non-hydrogen) atoms. The molecule has 5 atom stereocenters. The van der Waals surface area contributed by atoms with E-state index in [1.165, 1.54) is 5.32 Å². The summed E-state index contributed by atoms with van der Waals surface area (Å²) in [6, 6.07) is 3.92. The second-order valence-electron chi connectivity index (χ2n) is 9.13. The number of benzene rings is 1. The highest BCUT2D eigenvalue weighted by atomic mass is 19.4. The van der Waals surface area contributed by atoms with E-state index in [9.17, 15) is 49.8 Å². The first-order chi connectivity index (χ1) is 18.4. The van der Waals surface area contributed by atoms with Gasteiger partial charge in [-0.1, -0.05) is 13.0 Å². The smallest absolute Gasteiger partial charge is 0.471 e. The van der Waals surface area contributed by atoms with E-state index in [0.29, 0.717) is 6.07 Å². The third-order valence-corrected chi connectivity index (χ3v) is 6.68. The first kappa shape index (κ1) is 31.0. The van der Waals surface area contributed by atoms with E-state index < -0.39 is 77.7 Å². The molecular weight excluding hydrogens is 562 g/mol. The van der Waals surface area contributed by atoms with Crippen LogP contribution in [0, 0.1) is 17.6 Å². The molecule has 3 N–H and O–H groups in total. The number of ether oxygens (including phenoxy) is 2. The summed E-state index contributed by atoms with van der Waals surface area (Å²) < 4.78 is 117. The standard InChI is InChI=1S/C24H23F8N3O5/c1-10-16(12-5-6-13(25)17(26)18(12)39-3)19(40-22(10,2)24(30,31)32)20(37)35-11-4-7-14(33-8-11)15(36)9-34-21(38)23(27,28)29/h4-8,10,15-16,19,36H,9H2,1-3H3,(H,34,38)(H,35,37)/t10-,15-,16-,19+,22+/m0/s1. The summed E-state index contributed by atoms with van der Waals surface area (Å²) in [6.07, 6.45) is -12.7. The van der Waals surface area contributed by atoms with Crippen LogP contribution in [0.5, 0.6) is 5.75 Å². The van der Waals surface area contributed by atoms with E-state index in [0.717, 1.165) is 45.4 Å². The lowest BCUT2D eigenvalue weighted by Gasteiger charge is -2.32. The second-order valence-corrected chi connectivity index (χ2v) is 9.13. The monoisotopic (exact) mass is 585 g/mol. The number of anilines is 1. The zero-order valence-corrected chi connectivity index (χ0v) is 21.0. The summed E-state index contributed by atoms with van der Waals surface area (Å²) >= 11 is 0. The van der Waals surface area contributed by atoms with Gasteiger partial charge in [0, 0.05) is 23.9 Å². The zero-order chi connectivity index (χ0) is 30.2. The second kappa shape index (κ2) is 11.2. The van der Waals surface area contributed by atoms with Crippen LogP contribution in [0.4, 0.5) is 40.8 Å². The number of nitrogens with zero attached hydrogens (tertiary/aromatic N) is 1. The fourth-order valence-electron chi connectivity index (χ4n) is 4.32. The van der Waals surface area contributed by atoms with Crippen molar-refractivity contribution in [1.29, 1.82) is 0 Å². The molecule has 8 nitrogen and oxygen atoms in total. The Morgan fingerprint density at radius 3 is 2.33 bits per heavy atom. The van der Waals surface area contributed by atoms with Crippen molar-refractivity contribution in [2.24, 2.45) is 5.92 Å².